The molecule has 2 aromatic heterocycles. The molecule has 0 aliphatic carbocycles. The molecule has 0 saturated heterocycles. The fourth-order valence-corrected chi connectivity index (χ4v) is 2.27. The molecule has 2 N–H and O–H groups in total. The minimum Gasteiger partial charge on any atom is -0.493 e. The lowest BCUT2D eigenvalue weighted by molar-refractivity contribution is 0.102. The first kappa shape index (κ1) is 12.7. The van der Waals surface area contributed by atoms with Crippen molar-refractivity contribution in [2.24, 2.45) is 5.73 Å². The minimum atomic E-state index is -0.192. The summed E-state index contributed by atoms with van der Waals surface area (Å²) in [7, 11) is 1.51. The second-order valence-corrected chi connectivity index (χ2v) is 4.48. The van der Waals surface area contributed by atoms with Crippen molar-refractivity contribution >= 4 is 17.1 Å². The lowest BCUT2D eigenvalue weighted by Crippen LogP contribution is -2.12. The van der Waals surface area contributed by atoms with E-state index < -0.39 is 0 Å². The van der Waals surface area contributed by atoms with Crippen molar-refractivity contribution in [3.05, 3.63) is 28.0 Å². The standard InChI is InChI=1S/C11H14N4O2S/c1-3-15-10(8(17-2)5-13-15)11(16)7-6-18-9(4-12)14-7/h5-6H,3-4,12H2,1-2H3. The molecular weight excluding hydrogens is 252 g/mol. The summed E-state index contributed by atoms with van der Waals surface area (Å²) in [5, 5.41) is 6.54. The molecule has 0 amide bonds. The highest BCUT2D eigenvalue weighted by Gasteiger charge is 2.22. The van der Waals surface area contributed by atoms with E-state index in [2.05, 4.69) is 10.1 Å². The van der Waals surface area contributed by atoms with Crippen LogP contribution in [0.15, 0.2) is 11.6 Å². The SMILES string of the molecule is CCn1ncc(OC)c1C(=O)c1csc(CN)n1. The molecule has 2 aromatic rings. The quantitative estimate of drug-likeness (QED) is 0.818. The van der Waals surface area contributed by atoms with Gasteiger partial charge in [-0.05, 0) is 6.92 Å². The molecule has 0 aromatic carbocycles. The molecule has 6 nitrogen and oxygen atoms in total. The molecule has 7 heteroatoms. The first-order chi connectivity index (χ1) is 8.71. The number of hydrogen-bond donors (Lipinski definition) is 1. The highest BCUT2D eigenvalue weighted by atomic mass is 32.1. The average Bonchev–Trinajstić information content (AvgIpc) is 3.03. The maximum atomic E-state index is 12.4. The number of thiazole rings is 1. The number of methoxy groups -OCH3 is 1. The minimum absolute atomic E-state index is 0.192. The molecule has 0 spiro atoms. The lowest BCUT2D eigenvalue weighted by atomic mass is 10.2. The first-order valence-corrected chi connectivity index (χ1v) is 6.38. The average molecular weight is 266 g/mol. The van der Waals surface area contributed by atoms with Gasteiger partial charge in [-0.25, -0.2) is 4.98 Å². The molecule has 0 radical (unpaired) electrons. The van der Waals surface area contributed by atoms with Crippen LogP contribution < -0.4 is 10.5 Å². The van der Waals surface area contributed by atoms with Gasteiger partial charge in [-0.2, -0.15) is 5.10 Å². The van der Waals surface area contributed by atoms with Crippen molar-refractivity contribution in [1.29, 1.82) is 0 Å². The van der Waals surface area contributed by atoms with Crippen LogP contribution in [0, 0.1) is 0 Å². The van der Waals surface area contributed by atoms with Gasteiger partial charge in [0.1, 0.15) is 10.7 Å². The number of nitrogens with two attached hydrogens (primary N) is 1. The number of aryl methyl sites for hydroxylation is 1. The van der Waals surface area contributed by atoms with Gasteiger partial charge in [-0.3, -0.25) is 9.48 Å². The number of hydrogen-bond acceptors (Lipinski definition) is 6. The summed E-state index contributed by atoms with van der Waals surface area (Å²) in [5.41, 5.74) is 6.30. The smallest absolute Gasteiger partial charge is 0.234 e. The van der Waals surface area contributed by atoms with Crippen LogP contribution in [0.1, 0.15) is 28.1 Å². The monoisotopic (exact) mass is 266 g/mol. The number of ether oxygens (including phenoxy) is 1. The normalized spacial score (nSPS) is 10.6. The van der Waals surface area contributed by atoms with Crippen molar-refractivity contribution in [2.75, 3.05) is 7.11 Å². The Morgan fingerprint density at radius 3 is 2.94 bits per heavy atom. The summed E-state index contributed by atoms with van der Waals surface area (Å²) in [6.45, 7) is 2.84. The van der Waals surface area contributed by atoms with Gasteiger partial charge in [-0.15, -0.1) is 11.3 Å². The van der Waals surface area contributed by atoms with Gasteiger partial charge in [0.15, 0.2) is 11.4 Å². The molecule has 0 atom stereocenters. The van der Waals surface area contributed by atoms with E-state index in [9.17, 15) is 4.79 Å². The Kier molecular flexibility index (Phi) is 3.73. The van der Waals surface area contributed by atoms with E-state index in [-0.39, 0.29) is 5.78 Å². The molecule has 0 aliphatic rings. The molecule has 0 saturated carbocycles. The number of carbonyl (C=O) groups is 1. The predicted molar refractivity (Wildman–Crippen MR) is 67.9 cm³/mol. The molecule has 18 heavy (non-hydrogen) atoms. The van der Waals surface area contributed by atoms with Gasteiger partial charge >= 0.3 is 0 Å². The molecule has 0 unspecified atom stereocenters. The van der Waals surface area contributed by atoms with Crippen molar-refractivity contribution in [3.63, 3.8) is 0 Å². The molecule has 0 bridgehead atoms. The Hall–Kier alpha value is -1.73. The first-order valence-electron chi connectivity index (χ1n) is 5.50. The van der Waals surface area contributed by atoms with Gasteiger partial charge in [0.2, 0.25) is 5.78 Å². The summed E-state index contributed by atoms with van der Waals surface area (Å²) in [6, 6.07) is 0. The second-order valence-electron chi connectivity index (χ2n) is 3.54. The van der Waals surface area contributed by atoms with Crippen LogP contribution in [-0.2, 0) is 13.1 Å². The third kappa shape index (κ3) is 2.14. The van der Waals surface area contributed by atoms with Crippen molar-refractivity contribution in [1.82, 2.24) is 14.8 Å². The summed E-state index contributed by atoms with van der Waals surface area (Å²) in [5.74, 6) is 0.270. The van der Waals surface area contributed by atoms with Crippen LogP contribution in [-0.4, -0.2) is 27.7 Å². The predicted octanol–water partition coefficient (Wildman–Crippen LogP) is 1.06. The second kappa shape index (κ2) is 5.28. The van der Waals surface area contributed by atoms with Crippen LogP contribution in [0.5, 0.6) is 5.75 Å². The zero-order chi connectivity index (χ0) is 13.1. The highest BCUT2D eigenvalue weighted by Crippen LogP contribution is 2.22. The van der Waals surface area contributed by atoms with Gasteiger partial charge in [-0.1, -0.05) is 0 Å². The highest BCUT2D eigenvalue weighted by molar-refractivity contribution is 7.09. The van der Waals surface area contributed by atoms with E-state index in [4.69, 9.17) is 10.5 Å². The topological polar surface area (TPSA) is 83.0 Å². The number of ketones is 1. The lowest BCUT2D eigenvalue weighted by Gasteiger charge is -2.04. The number of nitrogens with zero attached hydrogens (tertiary/aromatic N) is 3. The van der Waals surface area contributed by atoms with Crippen LogP contribution in [0.4, 0.5) is 0 Å². The Labute approximate surface area is 108 Å². The van der Waals surface area contributed by atoms with Crippen LogP contribution in [0.2, 0.25) is 0 Å². The molecule has 2 heterocycles. The van der Waals surface area contributed by atoms with E-state index in [0.29, 0.717) is 30.2 Å². The third-order valence-electron chi connectivity index (χ3n) is 2.50. The Morgan fingerprint density at radius 2 is 2.39 bits per heavy atom. The Morgan fingerprint density at radius 1 is 1.61 bits per heavy atom. The van der Waals surface area contributed by atoms with Crippen molar-refractivity contribution in [3.8, 4) is 5.75 Å². The maximum Gasteiger partial charge on any atom is 0.234 e. The number of aromatic nitrogens is 3. The van der Waals surface area contributed by atoms with Crippen molar-refractivity contribution < 1.29 is 9.53 Å². The van der Waals surface area contributed by atoms with E-state index in [1.54, 1.807) is 10.1 Å². The molecule has 0 aliphatic heterocycles. The van der Waals surface area contributed by atoms with E-state index >= 15 is 0 Å². The largest absolute Gasteiger partial charge is 0.493 e. The van der Waals surface area contributed by atoms with Gasteiger partial charge in [0.05, 0.1) is 13.3 Å². The van der Waals surface area contributed by atoms with Gasteiger partial charge < -0.3 is 10.5 Å². The summed E-state index contributed by atoms with van der Waals surface area (Å²) >= 11 is 1.37. The molecular formula is C11H14N4O2S. The third-order valence-corrected chi connectivity index (χ3v) is 3.37. The summed E-state index contributed by atoms with van der Waals surface area (Å²) in [4.78, 5) is 16.5. The Bertz CT molecular complexity index is 540. The van der Waals surface area contributed by atoms with Crippen LogP contribution in [0.25, 0.3) is 0 Å². The molecule has 0 fully saturated rings. The van der Waals surface area contributed by atoms with E-state index in [0.717, 1.165) is 5.01 Å². The summed E-state index contributed by atoms with van der Waals surface area (Å²) < 4.78 is 6.75. The van der Waals surface area contributed by atoms with E-state index in [1.807, 2.05) is 6.92 Å². The fraction of sp³-hybridized carbons (Fsp3) is 0.364. The van der Waals surface area contributed by atoms with E-state index in [1.165, 1.54) is 24.6 Å². The van der Waals surface area contributed by atoms with Gasteiger partial charge in [0, 0.05) is 18.5 Å². The van der Waals surface area contributed by atoms with Crippen LogP contribution >= 0.6 is 11.3 Å². The van der Waals surface area contributed by atoms with Gasteiger partial charge in [0.25, 0.3) is 0 Å². The molecule has 96 valence electrons. The number of carbonyl (C=O) groups excluding carboxylic acids is 1. The number of rotatable bonds is 5. The Balaban J connectivity index is 2.41. The van der Waals surface area contributed by atoms with Crippen molar-refractivity contribution in [2.45, 2.75) is 20.0 Å². The zero-order valence-electron chi connectivity index (χ0n) is 10.2. The fourth-order valence-electron chi connectivity index (χ4n) is 1.62. The summed E-state index contributed by atoms with van der Waals surface area (Å²) in [6.07, 6.45) is 1.53. The zero-order valence-corrected chi connectivity index (χ0v) is 11.0. The molecule has 2 rings (SSSR count). The van der Waals surface area contributed by atoms with Crippen LogP contribution in [0.3, 0.4) is 0 Å². The maximum absolute atomic E-state index is 12.4.